The fourth-order valence-corrected chi connectivity index (χ4v) is 4.87. The smallest absolute Gasteiger partial charge is 0.270 e. The Labute approximate surface area is 148 Å². The number of hydrogen-bond donors (Lipinski definition) is 1. The van der Waals surface area contributed by atoms with Crippen LogP contribution in [0, 0.1) is 13.8 Å². The van der Waals surface area contributed by atoms with Crippen LogP contribution >= 0.6 is 0 Å². The molecule has 1 aliphatic heterocycles. The molecule has 0 spiro atoms. The van der Waals surface area contributed by atoms with Crippen molar-refractivity contribution in [3.8, 4) is 0 Å². The lowest BCUT2D eigenvalue weighted by Crippen LogP contribution is -2.37. The van der Waals surface area contributed by atoms with E-state index in [-0.39, 0.29) is 5.91 Å². The number of carbonyl (C=O) groups excluding carboxylic acids is 1. The standard InChI is InChI=1S/C18H23N3O3S/c1-14-6-7-15(2)17(13-14)25(23,24)21-10-4-9-20(11-12-21)18(22)16-5-3-8-19-16/h3,5-8,13,19H,4,9-12H2,1-2H3. The lowest BCUT2D eigenvalue weighted by molar-refractivity contribution is 0.0759. The van der Waals surface area contributed by atoms with Crippen molar-refractivity contribution in [1.82, 2.24) is 14.2 Å². The molecule has 25 heavy (non-hydrogen) atoms. The van der Waals surface area contributed by atoms with Crippen LogP contribution in [-0.4, -0.2) is 54.7 Å². The molecule has 1 aliphatic rings. The van der Waals surface area contributed by atoms with E-state index in [1.807, 2.05) is 26.0 Å². The number of nitrogens with one attached hydrogen (secondary N) is 1. The van der Waals surface area contributed by atoms with E-state index in [1.165, 1.54) is 4.31 Å². The Morgan fingerprint density at radius 3 is 2.60 bits per heavy atom. The Bertz CT molecular complexity index is 860. The largest absolute Gasteiger partial charge is 0.357 e. The number of sulfonamides is 1. The number of carbonyl (C=O) groups is 1. The van der Waals surface area contributed by atoms with E-state index in [0.717, 1.165) is 11.1 Å². The second-order valence-corrected chi connectivity index (χ2v) is 8.31. The molecule has 1 saturated heterocycles. The van der Waals surface area contributed by atoms with Gasteiger partial charge in [0.05, 0.1) is 4.90 Å². The van der Waals surface area contributed by atoms with Gasteiger partial charge in [0.2, 0.25) is 10.0 Å². The van der Waals surface area contributed by atoms with Gasteiger partial charge < -0.3 is 9.88 Å². The molecule has 0 bridgehead atoms. The summed E-state index contributed by atoms with van der Waals surface area (Å²) in [6, 6.07) is 8.98. The van der Waals surface area contributed by atoms with Crippen LogP contribution < -0.4 is 0 Å². The third-order valence-electron chi connectivity index (χ3n) is 4.53. The summed E-state index contributed by atoms with van der Waals surface area (Å²) < 4.78 is 27.6. The van der Waals surface area contributed by atoms with Crippen molar-refractivity contribution in [1.29, 1.82) is 0 Å². The molecular weight excluding hydrogens is 338 g/mol. The number of benzene rings is 1. The van der Waals surface area contributed by atoms with Crippen molar-refractivity contribution in [3.63, 3.8) is 0 Å². The number of aromatic nitrogens is 1. The van der Waals surface area contributed by atoms with Gasteiger partial charge in [0.15, 0.2) is 0 Å². The van der Waals surface area contributed by atoms with Gasteiger partial charge in [-0.05, 0) is 49.6 Å². The summed E-state index contributed by atoms with van der Waals surface area (Å²) in [5.41, 5.74) is 2.20. The minimum Gasteiger partial charge on any atom is -0.357 e. The summed E-state index contributed by atoms with van der Waals surface area (Å²) in [5.74, 6) is -0.0871. The number of amides is 1. The summed E-state index contributed by atoms with van der Waals surface area (Å²) in [6.45, 7) is 5.37. The first-order valence-electron chi connectivity index (χ1n) is 8.39. The fourth-order valence-electron chi connectivity index (χ4n) is 3.10. The van der Waals surface area contributed by atoms with Gasteiger partial charge in [0, 0.05) is 32.4 Å². The van der Waals surface area contributed by atoms with E-state index in [0.29, 0.717) is 43.2 Å². The normalized spacial score (nSPS) is 16.6. The van der Waals surface area contributed by atoms with Crippen LogP contribution in [0.4, 0.5) is 0 Å². The van der Waals surface area contributed by atoms with Crippen molar-refractivity contribution in [2.24, 2.45) is 0 Å². The number of hydrogen-bond acceptors (Lipinski definition) is 3. The predicted octanol–water partition coefficient (Wildman–Crippen LogP) is 2.17. The van der Waals surface area contributed by atoms with E-state index in [9.17, 15) is 13.2 Å². The summed E-state index contributed by atoms with van der Waals surface area (Å²) in [7, 11) is -3.55. The van der Waals surface area contributed by atoms with Gasteiger partial charge in [-0.25, -0.2) is 8.42 Å². The molecule has 3 rings (SSSR count). The molecule has 134 valence electrons. The number of nitrogens with zero attached hydrogens (tertiary/aromatic N) is 2. The van der Waals surface area contributed by atoms with Gasteiger partial charge in [-0.15, -0.1) is 0 Å². The van der Waals surface area contributed by atoms with Crippen LogP contribution in [0.3, 0.4) is 0 Å². The van der Waals surface area contributed by atoms with Crippen molar-refractivity contribution >= 4 is 15.9 Å². The molecule has 0 unspecified atom stereocenters. The zero-order chi connectivity index (χ0) is 18.0. The van der Waals surface area contributed by atoms with Crippen molar-refractivity contribution in [2.75, 3.05) is 26.2 Å². The molecule has 0 atom stereocenters. The average molecular weight is 361 g/mol. The van der Waals surface area contributed by atoms with Crippen LogP contribution in [0.1, 0.15) is 28.0 Å². The third-order valence-corrected chi connectivity index (χ3v) is 6.57. The monoisotopic (exact) mass is 361 g/mol. The van der Waals surface area contributed by atoms with Crippen molar-refractivity contribution < 1.29 is 13.2 Å². The van der Waals surface area contributed by atoms with Crippen molar-refractivity contribution in [3.05, 3.63) is 53.3 Å². The van der Waals surface area contributed by atoms with Crippen LogP contribution in [-0.2, 0) is 10.0 Å². The van der Waals surface area contributed by atoms with E-state index >= 15 is 0 Å². The first kappa shape index (κ1) is 17.7. The summed E-state index contributed by atoms with van der Waals surface area (Å²) in [5, 5.41) is 0. The number of aromatic amines is 1. The molecule has 0 aliphatic carbocycles. The molecule has 6 nitrogen and oxygen atoms in total. The second-order valence-electron chi connectivity index (χ2n) is 6.40. The van der Waals surface area contributed by atoms with Gasteiger partial charge in [-0.1, -0.05) is 12.1 Å². The first-order chi connectivity index (χ1) is 11.9. The topological polar surface area (TPSA) is 73.5 Å². The maximum absolute atomic E-state index is 13.0. The molecule has 2 heterocycles. The quantitative estimate of drug-likeness (QED) is 0.910. The Balaban J connectivity index is 1.78. The molecule has 1 aromatic heterocycles. The molecule has 1 amide bonds. The Morgan fingerprint density at radius 1 is 1.08 bits per heavy atom. The number of aryl methyl sites for hydroxylation is 2. The van der Waals surface area contributed by atoms with E-state index < -0.39 is 10.0 Å². The van der Waals surface area contributed by atoms with Crippen molar-refractivity contribution in [2.45, 2.75) is 25.2 Å². The molecule has 1 fully saturated rings. The Hall–Kier alpha value is -2.12. The second kappa shape index (κ2) is 7.01. The molecule has 1 N–H and O–H groups in total. The molecular formula is C18H23N3O3S. The number of rotatable bonds is 3. The fraction of sp³-hybridized carbons (Fsp3) is 0.389. The summed E-state index contributed by atoms with van der Waals surface area (Å²) >= 11 is 0. The SMILES string of the molecule is Cc1ccc(C)c(S(=O)(=O)N2CCCN(C(=O)c3ccc[nH]3)CC2)c1. The van der Waals surface area contributed by atoms with E-state index in [4.69, 9.17) is 0 Å². The van der Waals surface area contributed by atoms with Crippen LogP contribution in [0.15, 0.2) is 41.4 Å². The number of H-pyrrole nitrogens is 1. The molecule has 7 heteroatoms. The lowest BCUT2D eigenvalue weighted by atomic mass is 10.2. The highest BCUT2D eigenvalue weighted by Crippen LogP contribution is 2.22. The molecule has 0 saturated carbocycles. The average Bonchev–Trinajstić information content (AvgIpc) is 3.00. The zero-order valence-electron chi connectivity index (χ0n) is 14.5. The van der Waals surface area contributed by atoms with Crippen LogP contribution in [0.25, 0.3) is 0 Å². The zero-order valence-corrected chi connectivity index (χ0v) is 15.3. The van der Waals surface area contributed by atoms with Crippen LogP contribution in [0.2, 0.25) is 0 Å². The molecule has 1 aromatic carbocycles. The van der Waals surface area contributed by atoms with E-state index in [2.05, 4.69) is 4.98 Å². The lowest BCUT2D eigenvalue weighted by Gasteiger charge is -2.22. The highest BCUT2D eigenvalue weighted by atomic mass is 32.2. The predicted molar refractivity (Wildman–Crippen MR) is 96.0 cm³/mol. The highest BCUT2D eigenvalue weighted by Gasteiger charge is 2.29. The minimum absolute atomic E-state index is 0.0871. The van der Waals surface area contributed by atoms with Gasteiger partial charge in [-0.3, -0.25) is 4.79 Å². The molecule has 2 aromatic rings. The molecule has 0 radical (unpaired) electrons. The van der Waals surface area contributed by atoms with Crippen LogP contribution in [0.5, 0.6) is 0 Å². The maximum Gasteiger partial charge on any atom is 0.270 e. The van der Waals surface area contributed by atoms with E-state index in [1.54, 1.807) is 29.3 Å². The third kappa shape index (κ3) is 3.62. The maximum atomic E-state index is 13.0. The van der Waals surface area contributed by atoms with Gasteiger partial charge in [-0.2, -0.15) is 4.31 Å². The first-order valence-corrected chi connectivity index (χ1v) is 9.83. The Morgan fingerprint density at radius 2 is 1.88 bits per heavy atom. The summed E-state index contributed by atoms with van der Waals surface area (Å²) in [6.07, 6.45) is 2.33. The summed E-state index contributed by atoms with van der Waals surface area (Å²) in [4.78, 5) is 17.4. The van der Waals surface area contributed by atoms with Gasteiger partial charge >= 0.3 is 0 Å². The Kier molecular flexibility index (Phi) is 4.96. The van der Waals surface area contributed by atoms with Gasteiger partial charge in [0.1, 0.15) is 5.69 Å². The minimum atomic E-state index is -3.55. The van der Waals surface area contributed by atoms with Gasteiger partial charge in [0.25, 0.3) is 5.91 Å². The highest BCUT2D eigenvalue weighted by molar-refractivity contribution is 7.89.